The second-order valence-electron chi connectivity index (χ2n) is 6.13. The maximum absolute atomic E-state index is 12.7. The highest BCUT2D eigenvalue weighted by molar-refractivity contribution is 6.48. The summed E-state index contributed by atoms with van der Waals surface area (Å²) in [5.41, 5.74) is 0.864. The minimum Gasteiger partial charge on any atom is -0.395 e. The fourth-order valence-electron chi connectivity index (χ4n) is 2.66. The van der Waals surface area contributed by atoms with E-state index in [-0.39, 0.29) is 49.6 Å². The van der Waals surface area contributed by atoms with Gasteiger partial charge in [0.1, 0.15) is 5.71 Å². The maximum atomic E-state index is 12.7. The summed E-state index contributed by atoms with van der Waals surface area (Å²) < 4.78 is 0. The van der Waals surface area contributed by atoms with Gasteiger partial charge in [-0.3, -0.25) is 14.4 Å². The van der Waals surface area contributed by atoms with Crippen molar-refractivity contribution in [3.8, 4) is 0 Å². The van der Waals surface area contributed by atoms with Crippen molar-refractivity contribution in [3.63, 3.8) is 0 Å². The molecular formula is C18H24N4O4. The van der Waals surface area contributed by atoms with Crippen LogP contribution in [0.3, 0.4) is 0 Å². The van der Waals surface area contributed by atoms with Gasteiger partial charge in [-0.2, -0.15) is 0 Å². The fourth-order valence-corrected chi connectivity index (χ4v) is 2.66. The van der Waals surface area contributed by atoms with Gasteiger partial charge in [0.05, 0.1) is 18.3 Å². The summed E-state index contributed by atoms with van der Waals surface area (Å²) in [6.07, 6.45) is -0.0833. The number of rotatable bonds is 6. The van der Waals surface area contributed by atoms with Crippen LogP contribution in [0.2, 0.25) is 0 Å². The van der Waals surface area contributed by atoms with Gasteiger partial charge in [-0.25, -0.2) is 15.0 Å². The number of likely N-dealkylation sites (N-methyl/N-ethyl adjacent to an activating group) is 1. The Morgan fingerprint density at radius 1 is 1.23 bits per heavy atom. The Balaban J connectivity index is 2.06. The molecule has 3 amide bonds. The second kappa shape index (κ2) is 8.68. The molecule has 140 valence electrons. The molecule has 0 saturated carbocycles. The highest BCUT2D eigenvalue weighted by Gasteiger charge is 2.40. The van der Waals surface area contributed by atoms with E-state index in [1.54, 1.807) is 26.0 Å². The van der Waals surface area contributed by atoms with Gasteiger partial charge in [0.25, 0.3) is 5.91 Å². The summed E-state index contributed by atoms with van der Waals surface area (Å²) in [5, 5.41) is 12.0. The van der Waals surface area contributed by atoms with Crippen molar-refractivity contribution in [2.45, 2.75) is 25.8 Å². The molecule has 1 aromatic rings. The Kier molecular flexibility index (Phi) is 6.59. The van der Waals surface area contributed by atoms with E-state index in [0.29, 0.717) is 5.69 Å². The zero-order valence-corrected chi connectivity index (χ0v) is 15.3. The first-order chi connectivity index (χ1) is 12.4. The van der Waals surface area contributed by atoms with E-state index < -0.39 is 5.91 Å². The average molecular weight is 360 g/mol. The zero-order chi connectivity index (χ0) is 19.3. The summed E-state index contributed by atoms with van der Waals surface area (Å²) >= 11 is 0. The first-order valence-corrected chi connectivity index (χ1v) is 8.45. The smallest absolute Gasteiger partial charge is 0.289 e. The fraction of sp³-hybridized carbons (Fsp3) is 0.444. The minimum atomic E-state index is -0.505. The van der Waals surface area contributed by atoms with Crippen LogP contribution in [0.15, 0.2) is 35.3 Å². The van der Waals surface area contributed by atoms with Crippen molar-refractivity contribution >= 4 is 29.1 Å². The normalized spacial score (nSPS) is 19.2. The van der Waals surface area contributed by atoms with Crippen molar-refractivity contribution in [2.24, 2.45) is 4.99 Å². The van der Waals surface area contributed by atoms with Crippen LogP contribution in [-0.2, 0) is 14.4 Å². The number of anilines is 1. The number of hydrazine groups is 1. The number of aliphatic imine (C=N–C) groups is 1. The van der Waals surface area contributed by atoms with Crippen LogP contribution in [0.1, 0.15) is 19.8 Å². The number of aliphatic hydroxyl groups is 1. The van der Waals surface area contributed by atoms with Crippen LogP contribution in [-0.4, -0.2) is 71.7 Å². The SMILES string of the molecule is CC1C(=NC(=O)CCC(=O)N(C)CCO)C(=O)N(c2ccccc2)N1C. The molecule has 0 bridgehead atoms. The van der Waals surface area contributed by atoms with Crippen LogP contribution in [0, 0.1) is 0 Å². The predicted octanol–water partition coefficient (Wildman–Crippen LogP) is 0.467. The Bertz CT molecular complexity index is 704. The molecule has 0 aromatic heterocycles. The summed E-state index contributed by atoms with van der Waals surface area (Å²) in [4.78, 5) is 42.0. The topological polar surface area (TPSA) is 93.5 Å². The van der Waals surface area contributed by atoms with Crippen LogP contribution in [0.5, 0.6) is 0 Å². The number of carbonyl (C=O) groups is 3. The Labute approximate surface area is 152 Å². The summed E-state index contributed by atoms with van der Waals surface area (Å²) in [7, 11) is 3.32. The third-order valence-electron chi connectivity index (χ3n) is 4.34. The molecule has 1 aliphatic heterocycles. The molecular weight excluding hydrogens is 336 g/mol. The third-order valence-corrected chi connectivity index (χ3v) is 4.34. The van der Waals surface area contributed by atoms with Gasteiger partial charge in [0, 0.05) is 33.5 Å². The average Bonchev–Trinajstić information content (AvgIpc) is 2.84. The molecule has 1 atom stereocenters. The Hall–Kier alpha value is -2.58. The van der Waals surface area contributed by atoms with E-state index in [1.807, 2.05) is 30.3 Å². The van der Waals surface area contributed by atoms with Crippen molar-refractivity contribution in [2.75, 3.05) is 32.3 Å². The highest BCUT2D eigenvalue weighted by atomic mass is 16.3. The van der Waals surface area contributed by atoms with Gasteiger partial charge < -0.3 is 10.0 Å². The Morgan fingerprint density at radius 3 is 2.50 bits per heavy atom. The molecule has 1 saturated heterocycles. The lowest BCUT2D eigenvalue weighted by Gasteiger charge is -2.25. The van der Waals surface area contributed by atoms with E-state index in [2.05, 4.69) is 4.99 Å². The number of para-hydroxylation sites is 1. The molecule has 0 radical (unpaired) electrons. The molecule has 1 unspecified atom stereocenters. The highest BCUT2D eigenvalue weighted by Crippen LogP contribution is 2.24. The lowest BCUT2D eigenvalue weighted by atomic mass is 10.2. The molecule has 1 N–H and O–H groups in total. The number of benzene rings is 1. The number of amides is 3. The van der Waals surface area contributed by atoms with Gasteiger partial charge in [0.15, 0.2) is 0 Å². The molecule has 0 spiro atoms. The number of hydrogen-bond donors (Lipinski definition) is 1. The molecule has 0 aliphatic carbocycles. The van der Waals surface area contributed by atoms with Gasteiger partial charge >= 0.3 is 0 Å². The number of hydrogen-bond acceptors (Lipinski definition) is 5. The molecule has 8 nitrogen and oxygen atoms in total. The van der Waals surface area contributed by atoms with Gasteiger partial charge in [-0.1, -0.05) is 18.2 Å². The van der Waals surface area contributed by atoms with Crippen LogP contribution in [0.25, 0.3) is 0 Å². The van der Waals surface area contributed by atoms with Crippen LogP contribution in [0.4, 0.5) is 5.69 Å². The van der Waals surface area contributed by atoms with Crippen molar-refractivity contribution < 1.29 is 19.5 Å². The molecule has 1 fully saturated rings. The second-order valence-corrected chi connectivity index (χ2v) is 6.13. The zero-order valence-electron chi connectivity index (χ0n) is 15.3. The molecule has 1 aromatic carbocycles. The van der Waals surface area contributed by atoms with Crippen molar-refractivity contribution in [3.05, 3.63) is 30.3 Å². The number of carbonyl (C=O) groups excluding carboxylic acids is 3. The number of nitrogens with zero attached hydrogens (tertiary/aromatic N) is 4. The molecule has 1 heterocycles. The van der Waals surface area contributed by atoms with Gasteiger partial charge in [0.2, 0.25) is 11.8 Å². The van der Waals surface area contributed by atoms with E-state index >= 15 is 0 Å². The molecule has 2 rings (SSSR count). The molecule has 1 aliphatic rings. The maximum Gasteiger partial charge on any atom is 0.289 e. The standard InChI is InChI=1S/C18H24N4O4/c1-13-17(19-15(24)9-10-16(25)20(2)11-12-23)18(26)22(21(13)3)14-7-5-4-6-8-14/h4-8,13,23H,9-12H2,1-3H3. The van der Waals surface area contributed by atoms with Crippen LogP contribution >= 0.6 is 0 Å². The largest absolute Gasteiger partial charge is 0.395 e. The van der Waals surface area contributed by atoms with Crippen LogP contribution < -0.4 is 5.01 Å². The van der Waals surface area contributed by atoms with Crippen molar-refractivity contribution in [1.29, 1.82) is 0 Å². The van der Waals surface area contributed by atoms with E-state index in [0.717, 1.165) is 0 Å². The molecule has 8 heteroatoms. The lowest BCUT2D eigenvalue weighted by molar-refractivity contribution is -0.132. The van der Waals surface area contributed by atoms with Gasteiger partial charge in [-0.05, 0) is 19.1 Å². The summed E-state index contributed by atoms with van der Waals surface area (Å²) in [6.45, 7) is 1.88. The summed E-state index contributed by atoms with van der Waals surface area (Å²) in [6, 6.07) is 8.78. The minimum absolute atomic E-state index is 0.00702. The third kappa shape index (κ3) is 4.33. The van der Waals surface area contributed by atoms with E-state index in [1.165, 1.54) is 9.91 Å². The van der Waals surface area contributed by atoms with Crippen molar-refractivity contribution in [1.82, 2.24) is 9.91 Å². The quantitative estimate of drug-likeness (QED) is 0.796. The first-order valence-electron chi connectivity index (χ1n) is 8.45. The Morgan fingerprint density at radius 2 is 1.88 bits per heavy atom. The summed E-state index contributed by atoms with van der Waals surface area (Å²) in [5.74, 6) is -1.10. The number of aliphatic hydroxyl groups excluding tert-OH is 1. The van der Waals surface area contributed by atoms with E-state index in [4.69, 9.17) is 5.11 Å². The molecule has 26 heavy (non-hydrogen) atoms. The monoisotopic (exact) mass is 360 g/mol. The lowest BCUT2D eigenvalue weighted by Crippen LogP contribution is -2.38. The first kappa shape index (κ1) is 19.7. The predicted molar refractivity (Wildman–Crippen MR) is 97.6 cm³/mol. The van der Waals surface area contributed by atoms with Gasteiger partial charge in [-0.15, -0.1) is 0 Å². The van der Waals surface area contributed by atoms with E-state index in [9.17, 15) is 14.4 Å².